The van der Waals surface area contributed by atoms with Gasteiger partial charge in [-0.2, -0.15) is 0 Å². The van der Waals surface area contributed by atoms with E-state index in [9.17, 15) is 0 Å². The minimum Gasteiger partial charge on any atom is -0.335 e. The highest BCUT2D eigenvalue weighted by atomic mass is 35.5. The summed E-state index contributed by atoms with van der Waals surface area (Å²) in [5, 5.41) is 0. The molecule has 1 rings (SSSR count). The molecule has 0 aliphatic carbocycles. The van der Waals surface area contributed by atoms with Gasteiger partial charge in [0, 0.05) is 30.7 Å². The van der Waals surface area contributed by atoms with Gasteiger partial charge in [-0.05, 0) is 6.92 Å². The van der Waals surface area contributed by atoms with Crippen LogP contribution in [-0.2, 0) is 13.0 Å². The first kappa shape index (κ1) is 7.61. The zero-order valence-corrected chi connectivity index (χ0v) is 6.80. The van der Waals surface area contributed by atoms with Crippen molar-refractivity contribution in [3.8, 4) is 0 Å². The fourth-order valence-electron chi connectivity index (χ4n) is 0.938. The molecule has 56 valence electrons. The summed E-state index contributed by atoms with van der Waals surface area (Å²) in [4.78, 5) is 4.02. The number of imidazole rings is 1. The number of nitrogens with zero attached hydrogens (tertiary/aromatic N) is 2. The van der Waals surface area contributed by atoms with Crippen LogP contribution in [0, 0.1) is 0 Å². The lowest BCUT2D eigenvalue weighted by Gasteiger charge is -2.00. The molecule has 0 aliphatic heterocycles. The molecule has 3 heteroatoms. The average Bonchev–Trinajstić information content (AvgIpc) is 2.36. The van der Waals surface area contributed by atoms with Gasteiger partial charge in [-0.1, -0.05) is 0 Å². The average molecular weight is 159 g/mol. The summed E-state index contributed by atoms with van der Waals surface area (Å²) in [5.74, 6) is 0.672. The van der Waals surface area contributed by atoms with Crippen LogP contribution in [0.2, 0.25) is 0 Å². The summed E-state index contributed by atoms with van der Waals surface area (Å²) >= 11 is 5.58. The number of hydrogen-bond acceptors (Lipinski definition) is 1. The number of alkyl halides is 1. The second kappa shape index (κ2) is 3.62. The molecule has 1 heterocycles. The lowest BCUT2D eigenvalue weighted by atomic mass is 10.3. The van der Waals surface area contributed by atoms with Gasteiger partial charge in [0.25, 0.3) is 0 Å². The van der Waals surface area contributed by atoms with E-state index < -0.39 is 0 Å². The molecule has 0 unspecified atom stereocenters. The van der Waals surface area contributed by atoms with E-state index in [1.54, 1.807) is 0 Å². The van der Waals surface area contributed by atoms with Crippen molar-refractivity contribution in [3.05, 3.63) is 18.2 Å². The van der Waals surface area contributed by atoms with Gasteiger partial charge < -0.3 is 4.57 Å². The molecule has 1 aromatic heterocycles. The Balaban J connectivity index is 2.70. The second-order valence-corrected chi connectivity index (χ2v) is 2.49. The standard InChI is InChI=1S/C7H11ClN2/c1-2-10-6-9-5-7(10)3-4-8/h5-6H,2-4H2,1H3. The summed E-state index contributed by atoms with van der Waals surface area (Å²) in [5.41, 5.74) is 1.22. The molecule has 1 aromatic rings. The molecule has 0 amide bonds. The molecule has 0 aliphatic rings. The normalized spacial score (nSPS) is 10.2. The van der Waals surface area contributed by atoms with Crippen molar-refractivity contribution in [2.24, 2.45) is 0 Å². The van der Waals surface area contributed by atoms with Crippen LogP contribution in [0.15, 0.2) is 12.5 Å². The van der Waals surface area contributed by atoms with E-state index in [0.717, 1.165) is 13.0 Å². The molecule has 0 saturated carbocycles. The van der Waals surface area contributed by atoms with Crippen molar-refractivity contribution < 1.29 is 0 Å². The Labute approximate surface area is 65.8 Å². The SMILES string of the molecule is CCn1cncc1CCCl. The van der Waals surface area contributed by atoms with Gasteiger partial charge in [0.05, 0.1) is 6.33 Å². The third-order valence-corrected chi connectivity index (χ3v) is 1.68. The molecule has 2 nitrogen and oxygen atoms in total. The van der Waals surface area contributed by atoms with E-state index in [-0.39, 0.29) is 0 Å². The van der Waals surface area contributed by atoms with Crippen LogP contribution in [-0.4, -0.2) is 15.4 Å². The van der Waals surface area contributed by atoms with Crippen molar-refractivity contribution in [3.63, 3.8) is 0 Å². The number of rotatable bonds is 3. The Bertz CT molecular complexity index is 195. The first-order valence-electron chi connectivity index (χ1n) is 3.43. The van der Waals surface area contributed by atoms with E-state index in [2.05, 4.69) is 16.5 Å². The fraction of sp³-hybridized carbons (Fsp3) is 0.571. The van der Waals surface area contributed by atoms with Crippen molar-refractivity contribution in [1.29, 1.82) is 0 Å². The molecule has 0 fully saturated rings. The smallest absolute Gasteiger partial charge is 0.0948 e. The third kappa shape index (κ3) is 1.51. The monoisotopic (exact) mass is 158 g/mol. The molecule has 0 atom stereocenters. The zero-order valence-electron chi connectivity index (χ0n) is 6.05. The van der Waals surface area contributed by atoms with Crippen LogP contribution in [0.3, 0.4) is 0 Å². The van der Waals surface area contributed by atoms with Crippen LogP contribution in [0.4, 0.5) is 0 Å². The van der Waals surface area contributed by atoms with Crippen LogP contribution in [0.5, 0.6) is 0 Å². The summed E-state index contributed by atoms with van der Waals surface area (Å²) in [6.45, 7) is 3.08. The quantitative estimate of drug-likeness (QED) is 0.613. The summed E-state index contributed by atoms with van der Waals surface area (Å²) in [6.07, 6.45) is 4.61. The predicted molar refractivity (Wildman–Crippen MR) is 42.3 cm³/mol. The highest BCUT2D eigenvalue weighted by Gasteiger charge is 1.96. The third-order valence-electron chi connectivity index (χ3n) is 1.49. The van der Waals surface area contributed by atoms with Gasteiger partial charge in [-0.3, -0.25) is 0 Å². The van der Waals surface area contributed by atoms with E-state index in [4.69, 9.17) is 11.6 Å². The number of aryl methyl sites for hydroxylation is 2. The maximum absolute atomic E-state index is 5.58. The highest BCUT2D eigenvalue weighted by Crippen LogP contribution is 2.00. The fourth-order valence-corrected chi connectivity index (χ4v) is 1.13. The van der Waals surface area contributed by atoms with Gasteiger partial charge in [0.2, 0.25) is 0 Å². The van der Waals surface area contributed by atoms with Gasteiger partial charge in [-0.25, -0.2) is 4.98 Å². The molecule has 0 aromatic carbocycles. The van der Waals surface area contributed by atoms with Crippen LogP contribution in [0.1, 0.15) is 12.6 Å². The van der Waals surface area contributed by atoms with Crippen molar-refractivity contribution >= 4 is 11.6 Å². The summed E-state index contributed by atoms with van der Waals surface area (Å²) in [6, 6.07) is 0. The maximum Gasteiger partial charge on any atom is 0.0948 e. The van der Waals surface area contributed by atoms with E-state index in [1.807, 2.05) is 12.5 Å². The Kier molecular flexibility index (Phi) is 2.75. The van der Waals surface area contributed by atoms with Crippen LogP contribution >= 0.6 is 11.6 Å². The van der Waals surface area contributed by atoms with E-state index >= 15 is 0 Å². The second-order valence-electron chi connectivity index (χ2n) is 2.11. The number of hydrogen-bond donors (Lipinski definition) is 0. The summed E-state index contributed by atoms with van der Waals surface area (Å²) < 4.78 is 2.10. The van der Waals surface area contributed by atoms with Gasteiger partial charge in [0.15, 0.2) is 0 Å². The molecule has 0 bridgehead atoms. The van der Waals surface area contributed by atoms with E-state index in [0.29, 0.717) is 5.88 Å². The van der Waals surface area contributed by atoms with Crippen LogP contribution in [0.25, 0.3) is 0 Å². The minimum atomic E-state index is 0.672. The Hall–Kier alpha value is -0.500. The topological polar surface area (TPSA) is 17.8 Å². The summed E-state index contributed by atoms with van der Waals surface area (Å²) in [7, 11) is 0. The Morgan fingerprint density at radius 1 is 1.70 bits per heavy atom. The molecule has 0 spiro atoms. The van der Waals surface area contributed by atoms with E-state index in [1.165, 1.54) is 5.69 Å². The van der Waals surface area contributed by atoms with Crippen molar-refractivity contribution in [1.82, 2.24) is 9.55 Å². The van der Waals surface area contributed by atoms with Gasteiger partial charge >= 0.3 is 0 Å². The van der Waals surface area contributed by atoms with Gasteiger partial charge in [0.1, 0.15) is 0 Å². The molecular formula is C7H11ClN2. The van der Waals surface area contributed by atoms with Gasteiger partial charge in [-0.15, -0.1) is 11.6 Å². The predicted octanol–water partition coefficient (Wildman–Crippen LogP) is 1.68. The van der Waals surface area contributed by atoms with Crippen LogP contribution < -0.4 is 0 Å². The first-order chi connectivity index (χ1) is 4.88. The van der Waals surface area contributed by atoms with Crippen molar-refractivity contribution in [2.45, 2.75) is 19.9 Å². The Morgan fingerprint density at radius 2 is 2.50 bits per heavy atom. The molecule has 0 N–H and O–H groups in total. The first-order valence-corrected chi connectivity index (χ1v) is 3.97. The minimum absolute atomic E-state index is 0.672. The van der Waals surface area contributed by atoms with Crippen molar-refractivity contribution in [2.75, 3.05) is 5.88 Å². The maximum atomic E-state index is 5.58. The molecule has 10 heavy (non-hydrogen) atoms. The Morgan fingerprint density at radius 3 is 3.10 bits per heavy atom. The number of aromatic nitrogens is 2. The molecular weight excluding hydrogens is 148 g/mol. The molecule has 0 radical (unpaired) electrons. The lowest BCUT2D eigenvalue weighted by Crippen LogP contribution is -1.99. The lowest BCUT2D eigenvalue weighted by molar-refractivity contribution is 0.718. The molecule has 0 saturated heterocycles. The number of halogens is 1. The zero-order chi connectivity index (χ0) is 7.40. The highest BCUT2D eigenvalue weighted by molar-refractivity contribution is 6.17. The largest absolute Gasteiger partial charge is 0.335 e.